The molecule has 0 saturated heterocycles. The van der Waals surface area contributed by atoms with Crippen molar-refractivity contribution in [1.82, 2.24) is 14.8 Å². The molecule has 1 rings (SSSR count). The molecule has 5 heteroatoms. The molecular formula is C16H27N3O2. The van der Waals surface area contributed by atoms with Crippen LogP contribution in [0.1, 0.15) is 26.0 Å². The zero-order valence-electron chi connectivity index (χ0n) is 13.8. The maximum Gasteiger partial charge on any atom is 0.250 e. The third-order valence-corrected chi connectivity index (χ3v) is 3.34. The molecule has 1 aromatic rings. The van der Waals surface area contributed by atoms with E-state index in [-0.39, 0.29) is 16.9 Å². The van der Waals surface area contributed by atoms with Crippen LogP contribution in [0, 0.1) is 12.3 Å². The van der Waals surface area contributed by atoms with Gasteiger partial charge in [0.25, 0.3) is 5.56 Å². The van der Waals surface area contributed by atoms with Crippen molar-refractivity contribution in [2.45, 2.75) is 33.7 Å². The number of hydrogen-bond acceptors (Lipinski definition) is 3. The maximum atomic E-state index is 11.9. The van der Waals surface area contributed by atoms with Gasteiger partial charge in [-0.2, -0.15) is 0 Å². The smallest absolute Gasteiger partial charge is 0.250 e. The van der Waals surface area contributed by atoms with Gasteiger partial charge in [-0.15, -0.1) is 0 Å². The van der Waals surface area contributed by atoms with Crippen LogP contribution in [0.2, 0.25) is 0 Å². The Morgan fingerprint density at radius 2 is 2.00 bits per heavy atom. The van der Waals surface area contributed by atoms with Crippen LogP contribution >= 0.6 is 0 Å². The van der Waals surface area contributed by atoms with Gasteiger partial charge in [0.2, 0.25) is 5.91 Å². The summed E-state index contributed by atoms with van der Waals surface area (Å²) in [4.78, 5) is 25.8. The molecular weight excluding hydrogens is 266 g/mol. The second kappa shape index (κ2) is 7.41. The summed E-state index contributed by atoms with van der Waals surface area (Å²) in [7, 11) is 4.04. The molecule has 1 amide bonds. The minimum absolute atomic E-state index is 0.0167. The molecule has 1 aromatic heterocycles. The highest BCUT2D eigenvalue weighted by atomic mass is 16.1. The summed E-state index contributed by atoms with van der Waals surface area (Å²) in [6.07, 6.45) is 0.322. The van der Waals surface area contributed by atoms with E-state index in [1.54, 1.807) is 10.6 Å². The van der Waals surface area contributed by atoms with E-state index < -0.39 is 0 Å². The van der Waals surface area contributed by atoms with Gasteiger partial charge in [-0.1, -0.05) is 19.9 Å². The van der Waals surface area contributed by atoms with Gasteiger partial charge in [0.1, 0.15) is 0 Å². The SMILES string of the molecule is Cc1cccc(=O)n1CCC(=O)NCC(C)(C)CN(C)C. The summed E-state index contributed by atoms with van der Waals surface area (Å²) in [6.45, 7) is 8.08. The lowest BCUT2D eigenvalue weighted by atomic mass is 9.93. The van der Waals surface area contributed by atoms with Gasteiger partial charge in [0, 0.05) is 37.8 Å². The van der Waals surface area contributed by atoms with Crippen molar-refractivity contribution in [3.05, 3.63) is 34.2 Å². The number of rotatable bonds is 7. The van der Waals surface area contributed by atoms with Crippen molar-refractivity contribution in [2.75, 3.05) is 27.2 Å². The van der Waals surface area contributed by atoms with Crippen molar-refractivity contribution < 1.29 is 4.79 Å². The third kappa shape index (κ3) is 6.12. The van der Waals surface area contributed by atoms with Crippen LogP contribution in [-0.4, -0.2) is 42.6 Å². The second-order valence-corrected chi connectivity index (χ2v) is 6.59. The highest BCUT2D eigenvalue weighted by Crippen LogP contribution is 2.14. The number of carbonyl (C=O) groups is 1. The predicted octanol–water partition coefficient (Wildman–Crippen LogP) is 1.25. The van der Waals surface area contributed by atoms with Crippen LogP contribution in [0.4, 0.5) is 0 Å². The molecule has 0 aliphatic heterocycles. The van der Waals surface area contributed by atoms with E-state index in [1.807, 2.05) is 27.1 Å². The molecule has 1 heterocycles. The summed E-state index contributed by atoms with van der Waals surface area (Å²) < 4.78 is 1.63. The number of nitrogens with one attached hydrogen (secondary N) is 1. The number of aryl methyl sites for hydroxylation is 1. The minimum Gasteiger partial charge on any atom is -0.355 e. The molecule has 21 heavy (non-hydrogen) atoms. The first-order valence-corrected chi connectivity index (χ1v) is 7.29. The lowest BCUT2D eigenvalue weighted by Gasteiger charge is -2.28. The van der Waals surface area contributed by atoms with Gasteiger partial charge < -0.3 is 14.8 Å². The summed E-state index contributed by atoms with van der Waals surface area (Å²) >= 11 is 0. The standard InChI is InChI=1S/C16H27N3O2/c1-13-7-6-8-15(21)19(13)10-9-14(20)17-11-16(2,3)12-18(4)5/h6-8H,9-12H2,1-5H3,(H,17,20). The van der Waals surface area contributed by atoms with Gasteiger partial charge in [-0.05, 0) is 32.5 Å². The Bertz CT molecular complexity index is 533. The molecule has 0 spiro atoms. The molecule has 0 saturated carbocycles. The normalized spacial score (nSPS) is 11.7. The van der Waals surface area contributed by atoms with Crippen molar-refractivity contribution in [1.29, 1.82) is 0 Å². The average Bonchev–Trinajstić information content (AvgIpc) is 2.34. The summed E-state index contributed by atoms with van der Waals surface area (Å²) in [5, 5.41) is 2.96. The third-order valence-electron chi connectivity index (χ3n) is 3.34. The molecule has 0 aliphatic rings. The lowest BCUT2D eigenvalue weighted by molar-refractivity contribution is -0.121. The number of nitrogens with zero attached hydrogens (tertiary/aromatic N) is 2. The Hall–Kier alpha value is -1.62. The van der Waals surface area contributed by atoms with Gasteiger partial charge in [0.15, 0.2) is 0 Å². The molecule has 118 valence electrons. The van der Waals surface area contributed by atoms with Crippen molar-refractivity contribution in [3.8, 4) is 0 Å². The average molecular weight is 293 g/mol. The van der Waals surface area contributed by atoms with Crippen molar-refractivity contribution in [2.24, 2.45) is 5.41 Å². The molecule has 1 N–H and O–H groups in total. The van der Waals surface area contributed by atoms with E-state index in [4.69, 9.17) is 0 Å². The number of hydrogen-bond donors (Lipinski definition) is 1. The van der Waals surface area contributed by atoms with E-state index in [1.165, 1.54) is 6.07 Å². The highest BCUT2D eigenvalue weighted by molar-refractivity contribution is 5.75. The molecule has 0 radical (unpaired) electrons. The molecule has 5 nitrogen and oxygen atoms in total. The first-order valence-electron chi connectivity index (χ1n) is 7.29. The Balaban J connectivity index is 2.47. The zero-order chi connectivity index (χ0) is 16.0. The first-order chi connectivity index (χ1) is 9.71. The zero-order valence-corrected chi connectivity index (χ0v) is 13.8. The topological polar surface area (TPSA) is 54.3 Å². The fourth-order valence-electron chi connectivity index (χ4n) is 2.46. The Morgan fingerprint density at radius 1 is 1.33 bits per heavy atom. The summed E-state index contributed by atoms with van der Waals surface area (Å²) in [6, 6.07) is 5.13. The summed E-state index contributed by atoms with van der Waals surface area (Å²) in [5.41, 5.74) is 0.845. The molecule has 0 bridgehead atoms. The van der Waals surface area contributed by atoms with Crippen molar-refractivity contribution >= 4 is 5.91 Å². The maximum absolute atomic E-state index is 11.9. The Labute approximate surface area is 127 Å². The number of amides is 1. The quantitative estimate of drug-likeness (QED) is 0.823. The van der Waals surface area contributed by atoms with E-state index in [9.17, 15) is 9.59 Å². The Kier molecular flexibility index (Phi) is 6.15. The fourth-order valence-corrected chi connectivity index (χ4v) is 2.46. The molecule has 0 unspecified atom stereocenters. The van der Waals surface area contributed by atoms with Crippen molar-refractivity contribution in [3.63, 3.8) is 0 Å². The van der Waals surface area contributed by atoms with E-state index >= 15 is 0 Å². The lowest BCUT2D eigenvalue weighted by Crippen LogP contribution is -2.40. The van der Waals surface area contributed by atoms with Crippen LogP contribution in [0.25, 0.3) is 0 Å². The van der Waals surface area contributed by atoms with Crippen LogP contribution in [0.15, 0.2) is 23.0 Å². The predicted molar refractivity (Wildman–Crippen MR) is 85.4 cm³/mol. The van der Waals surface area contributed by atoms with Gasteiger partial charge >= 0.3 is 0 Å². The summed E-state index contributed by atoms with van der Waals surface area (Å²) in [5.74, 6) is -0.0167. The Morgan fingerprint density at radius 3 is 2.57 bits per heavy atom. The molecule has 0 atom stereocenters. The van der Waals surface area contributed by atoms with Gasteiger partial charge in [-0.25, -0.2) is 0 Å². The number of aromatic nitrogens is 1. The van der Waals surface area contributed by atoms with Gasteiger partial charge in [0.05, 0.1) is 0 Å². The van der Waals surface area contributed by atoms with E-state index in [0.29, 0.717) is 19.5 Å². The van der Waals surface area contributed by atoms with E-state index in [0.717, 1.165) is 12.2 Å². The minimum atomic E-state index is -0.0595. The monoisotopic (exact) mass is 293 g/mol. The molecule has 0 aliphatic carbocycles. The van der Waals surface area contributed by atoms with E-state index in [2.05, 4.69) is 24.1 Å². The van der Waals surface area contributed by atoms with Crippen LogP contribution in [-0.2, 0) is 11.3 Å². The largest absolute Gasteiger partial charge is 0.355 e. The number of carbonyl (C=O) groups excluding carboxylic acids is 1. The first kappa shape index (κ1) is 17.4. The van der Waals surface area contributed by atoms with Gasteiger partial charge in [-0.3, -0.25) is 9.59 Å². The fraction of sp³-hybridized carbons (Fsp3) is 0.625. The number of pyridine rings is 1. The van der Waals surface area contributed by atoms with Crippen LogP contribution in [0.5, 0.6) is 0 Å². The molecule has 0 aromatic carbocycles. The molecule has 0 fully saturated rings. The highest BCUT2D eigenvalue weighted by Gasteiger charge is 2.19. The van der Waals surface area contributed by atoms with Crippen LogP contribution in [0.3, 0.4) is 0 Å². The van der Waals surface area contributed by atoms with Crippen LogP contribution < -0.4 is 10.9 Å². The second-order valence-electron chi connectivity index (χ2n) is 6.59.